The first-order valence-corrected chi connectivity index (χ1v) is 7.44. The van der Waals surface area contributed by atoms with E-state index in [1.165, 1.54) is 17.1 Å². The molecule has 0 fully saturated rings. The van der Waals surface area contributed by atoms with Gasteiger partial charge >= 0.3 is 0 Å². The summed E-state index contributed by atoms with van der Waals surface area (Å²) in [5.74, 6) is 1.95. The van der Waals surface area contributed by atoms with Gasteiger partial charge in [-0.1, -0.05) is 32.0 Å². The summed E-state index contributed by atoms with van der Waals surface area (Å²) in [4.78, 5) is 1.48. The monoisotopic (exact) mass is 249 g/mol. The van der Waals surface area contributed by atoms with Crippen LogP contribution in [0.2, 0.25) is 0 Å². The molecule has 2 atom stereocenters. The standard InChI is InChI=1S/C15H23NS/c1-11(16)8-15(2,3)9-12-10-17-14-7-5-4-6-13(12)14/h4-7,11-12H,8-10,16H2,1-3H3. The number of fused-ring (bicyclic) bond motifs is 1. The van der Waals surface area contributed by atoms with Crippen molar-refractivity contribution in [1.29, 1.82) is 0 Å². The molecular formula is C15H23NS. The topological polar surface area (TPSA) is 26.0 Å². The molecule has 17 heavy (non-hydrogen) atoms. The molecule has 0 radical (unpaired) electrons. The quantitative estimate of drug-likeness (QED) is 0.872. The van der Waals surface area contributed by atoms with Gasteiger partial charge in [-0.25, -0.2) is 0 Å². The van der Waals surface area contributed by atoms with E-state index >= 15 is 0 Å². The van der Waals surface area contributed by atoms with E-state index in [0.717, 1.165) is 6.42 Å². The fourth-order valence-electron chi connectivity index (χ4n) is 3.02. The van der Waals surface area contributed by atoms with Crippen LogP contribution in [0, 0.1) is 5.41 Å². The first-order valence-electron chi connectivity index (χ1n) is 6.45. The lowest BCUT2D eigenvalue weighted by molar-refractivity contribution is 0.271. The molecule has 2 rings (SSSR count). The van der Waals surface area contributed by atoms with Crippen LogP contribution in [0.15, 0.2) is 29.2 Å². The molecule has 0 saturated carbocycles. The van der Waals surface area contributed by atoms with Crippen molar-refractivity contribution in [2.45, 2.75) is 50.5 Å². The Bertz CT molecular complexity index is 384. The van der Waals surface area contributed by atoms with Crippen LogP contribution < -0.4 is 5.73 Å². The largest absolute Gasteiger partial charge is 0.328 e. The van der Waals surface area contributed by atoms with Gasteiger partial charge < -0.3 is 5.73 Å². The molecule has 0 spiro atoms. The molecule has 1 heterocycles. The Morgan fingerprint density at radius 1 is 1.41 bits per heavy atom. The zero-order valence-electron chi connectivity index (χ0n) is 11.1. The average molecular weight is 249 g/mol. The Hall–Kier alpha value is -0.470. The van der Waals surface area contributed by atoms with Gasteiger partial charge in [0.05, 0.1) is 0 Å². The van der Waals surface area contributed by atoms with E-state index in [-0.39, 0.29) is 0 Å². The van der Waals surface area contributed by atoms with Crippen LogP contribution >= 0.6 is 11.8 Å². The van der Waals surface area contributed by atoms with Crippen LogP contribution in [0.4, 0.5) is 0 Å². The Balaban J connectivity index is 2.06. The van der Waals surface area contributed by atoms with E-state index in [1.54, 1.807) is 5.56 Å². The highest BCUT2D eigenvalue weighted by Crippen LogP contribution is 2.45. The lowest BCUT2D eigenvalue weighted by Gasteiger charge is -2.29. The number of hydrogen-bond acceptors (Lipinski definition) is 2. The highest BCUT2D eigenvalue weighted by Gasteiger charge is 2.29. The van der Waals surface area contributed by atoms with Gasteiger partial charge in [0.1, 0.15) is 0 Å². The fraction of sp³-hybridized carbons (Fsp3) is 0.600. The molecule has 2 N–H and O–H groups in total. The van der Waals surface area contributed by atoms with Crippen molar-refractivity contribution < 1.29 is 0 Å². The Morgan fingerprint density at radius 2 is 2.12 bits per heavy atom. The van der Waals surface area contributed by atoms with Gasteiger partial charge in [-0.05, 0) is 42.7 Å². The van der Waals surface area contributed by atoms with E-state index in [1.807, 2.05) is 11.8 Å². The van der Waals surface area contributed by atoms with Crippen molar-refractivity contribution in [2.24, 2.45) is 11.1 Å². The SMILES string of the molecule is CC(N)CC(C)(C)CC1CSc2ccccc21. The van der Waals surface area contributed by atoms with Crippen molar-refractivity contribution in [3.05, 3.63) is 29.8 Å². The van der Waals surface area contributed by atoms with E-state index < -0.39 is 0 Å². The molecule has 1 aliphatic heterocycles. The summed E-state index contributed by atoms with van der Waals surface area (Å²) in [6.07, 6.45) is 2.36. The molecule has 0 saturated heterocycles. The van der Waals surface area contributed by atoms with E-state index in [4.69, 9.17) is 5.73 Å². The van der Waals surface area contributed by atoms with Crippen LogP contribution in [-0.4, -0.2) is 11.8 Å². The predicted molar refractivity (Wildman–Crippen MR) is 76.6 cm³/mol. The number of benzene rings is 1. The predicted octanol–water partition coefficient (Wildman–Crippen LogP) is 4.03. The molecule has 0 aliphatic carbocycles. The summed E-state index contributed by atoms with van der Waals surface area (Å²) in [5, 5.41) is 0. The summed E-state index contributed by atoms with van der Waals surface area (Å²) in [6, 6.07) is 9.15. The molecule has 0 bridgehead atoms. The van der Waals surface area contributed by atoms with Crippen LogP contribution in [0.5, 0.6) is 0 Å². The third-order valence-corrected chi connectivity index (χ3v) is 4.72. The molecule has 1 aliphatic rings. The number of rotatable bonds is 4. The average Bonchev–Trinajstić information content (AvgIpc) is 2.59. The van der Waals surface area contributed by atoms with Gasteiger partial charge in [0, 0.05) is 16.7 Å². The fourth-order valence-corrected chi connectivity index (χ4v) is 4.27. The zero-order valence-corrected chi connectivity index (χ0v) is 11.9. The highest BCUT2D eigenvalue weighted by atomic mass is 32.2. The van der Waals surface area contributed by atoms with Crippen molar-refractivity contribution in [1.82, 2.24) is 0 Å². The molecule has 2 unspecified atom stereocenters. The Labute approximate surface area is 109 Å². The van der Waals surface area contributed by atoms with Crippen LogP contribution in [-0.2, 0) is 0 Å². The second-order valence-electron chi connectivity index (χ2n) is 6.10. The molecule has 0 aromatic heterocycles. The van der Waals surface area contributed by atoms with E-state index in [2.05, 4.69) is 45.0 Å². The van der Waals surface area contributed by atoms with Gasteiger partial charge in [-0.3, -0.25) is 0 Å². The maximum atomic E-state index is 5.94. The van der Waals surface area contributed by atoms with Crippen LogP contribution in [0.3, 0.4) is 0 Å². The summed E-state index contributed by atoms with van der Waals surface area (Å²) < 4.78 is 0. The smallest absolute Gasteiger partial charge is 0.0107 e. The second-order valence-corrected chi connectivity index (χ2v) is 7.16. The Kier molecular flexibility index (Phi) is 3.84. The summed E-state index contributed by atoms with van der Waals surface area (Å²) in [7, 11) is 0. The second kappa shape index (κ2) is 5.03. The summed E-state index contributed by atoms with van der Waals surface area (Å²) >= 11 is 2.00. The van der Waals surface area contributed by atoms with E-state index in [9.17, 15) is 0 Å². The van der Waals surface area contributed by atoms with Gasteiger partial charge in [0.25, 0.3) is 0 Å². The molecule has 2 heteroatoms. The maximum absolute atomic E-state index is 5.94. The minimum absolute atomic E-state index is 0.300. The molecule has 1 nitrogen and oxygen atoms in total. The lowest BCUT2D eigenvalue weighted by atomic mass is 9.77. The van der Waals surface area contributed by atoms with Gasteiger partial charge in [-0.2, -0.15) is 0 Å². The highest BCUT2D eigenvalue weighted by molar-refractivity contribution is 7.99. The Morgan fingerprint density at radius 3 is 2.82 bits per heavy atom. The van der Waals surface area contributed by atoms with E-state index in [0.29, 0.717) is 17.4 Å². The first kappa shape index (κ1) is 13.0. The molecule has 94 valence electrons. The molecule has 0 amide bonds. The van der Waals surface area contributed by atoms with Crippen LogP contribution in [0.25, 0.3) is 0 Å². The van der Waals surface area contributed by atoms with Crippen molar-refractivity contribution >= 4 is 11.8 Å². The number of hydrogen-bond donors (Lipinski definition) is 1. The zero-order chi connectivity index (χ0) is 12.5. The minimum Gasteiger partial charge on any atom is -0.328 e. The number of thioether (sulfide) groups is 1. The first-order chi connectivity index (χ1) is 7.98. The van der Waals surface area contributed by atoms with Crippen molar-refractivity contribution in [3.63, 3.8) is 0 Å². The van der Waals surface area contributed by atoms with Crippen molar-refractivity contribution in [3.8, 4) is 0 Å². The maximum Gasteiger partial charge on any atom is 0.0107 e. The summed E-state index contributed by atoms with van der Waals surface area (Å²) in [6.45, 7) is 6.81. The summed E-state index contributed by atoms with van der Waals surface area (Å²) in [5.41, 5.74) is 7.84. The molecular weight excluding hydrogens is 226 g/mol. The molecule has 1 aromatic carbocycles. The number of nitrogens with two attached hydrogens (primary N) is 1. The lowest BCUT2D eigenvalue weighted by Crippen LogP contribution is -2.26. The molecule has 1 aromatic rings. The van der Waals surface area contributed by atoms with Gasteiger partial charge in [0.15, 0.2) is 0 Å². The third-order valence-electron chi connectivity index (χ3n) is 3.47. The minimum atomic E-state index is 0.300. The normalized spacial score (nSPS) is 21.3. The van der Waals surface area contributed by atoms with Crippen molar-refractivity contribution in [2.75, 3.05) is 5.75 Å². The third kappa shape index (κ3) is 3.26. The van der Waals surface area contributed by atoms with Gasteiger partial charge in [-0.15, -0.1) is 11.8 Å². The van der Waals surface area contributed by atoms with Crippen LogP contribution in [0.1, 0.15) is 45.1 Å². The van der Waals surface area contributed by atoms with Gasteiger partial charge in [0.2, 0.25) is 0 Å².